The third-order valence-electron chi connectivity index (χ3n) is 6.25. The number of β-amino-alcohol motifs (C(OH)–C–C–N with tert-alkyl or cyclic N) is 1. The van der Waals surface area contributed by atoms with Gasteiger partial charge < -0.3 is 19.5 Å². The highest BCUT2D eigenvalue weighted by molar-refractivity contribution is 5.83. The van der Waals surface area contributed by atoms with E-state index >= 15 is 0 Å². The Morgan fingerprint density at radius 2 is 1.86 bits per heavy atom. The molecule has 0 radical (unpaired) electrons. The number of hydrogen-bond acceptors (Lipinski definition) is 8. The summed E-state index contributed by atoms with van der Waals surface area (Å²) < 4.78 is 26.2. The summed E-state index contributed by atoms with van der Waals surface area (Å²) >= 11 is 0. The predicted octanol–water partition coefficient (Wildman–Crippen LogP) is 3.51. The van der Waals surface area contributed by atoms with Crippen molar-refractivity contribution in [2.45, 2.75) is 12.0 Å². The number of rotatable bonds is 6. The quantitative estimate of drug-likeness (QED) is 0.317. The molecule has 2 aromatic heterocycles. The van der Waals surface area contributed by atoms with E-state index in [1.54, 1.807) is 37.4 Å². The molecule has 1 atom stereocenters. The van der Waals surface area contributed by atoms with Crippen molar-refractivity contribution in [3.63, 3.8) is 0 Å². The number of nitrogens with zero attached hydrogens (tertiary/aromatic N) is 6. The number of aliphatic hydroxyl groups is 1. The molecule has 0 spiro atoms. The topological polar surface area (TPSA) is 88.8 Å². The Hall–Kier alpha value is -4.20. The molecule has 5 rings (SSSR count). The highest BCUT2D eigenvalue weighted by Crippen LogP contribution is 2.34. The fraction of sp³-hybridized carbons (Fsp3) is 0.296. The van der Waals surface area contributed by atoms with Gasteiger partial charge in [-0.2, -0.15) is 5.10 Å². The van der Waals surface area contributed by atoms with Gasteiger partial charge in [-0.1, -0.05) is 11.8 Å². The van der Waals surface area contributed by atoms with Crippen LogP contribution >= 0.6 is 0 Å². The van der Waals surface area contributed by atoms with Crippen molar-refractivity contribution in [2.24, 2.45) is 7.05 Å². The van der Waals surface area contributed by atoms with E-state index in [0.717, 1.165) is 22.5 Å². The lowest BCUT2D eigenvalue weighted by atomic mass is 10.0. The second-order valence-electron chi connectivity index (χ2n) is 8.92. The zero-order valence-corrected chi connectivity index (χ0v) is 20.8. The minimum Gasteiger partial charge on any atom is -0.497 e. The standard InChI is InChI=1S/C27H27FN6O3/c1-32-17-19(15-30-32)26-16-29-24-6-5-20(13-25(24)31-26)34(9-4-7-27(35)8-10-33(28)18-27)21-11-22(36-2)14-23(12-21)37-3/h5-6,11-17,35H,8-10,18H2,1-3H3. The summed E-state index contributed by atoms with van der Waals surface area (Å²) in [5, 5.41) is 15.4. The molecule has 1 aliphatic heterocycles. The van der Waals surface area contributed by atoms with Crippen molar-refractivity contribution in [1.29, 1.82) is 0 Å². The first-order valence-electron chi connectivity index (χ1n) is 11.8. The summed E-state index contributed by atoms with van der Waals surface area (Å²) in [7, 11) is 5.03. The van der Waals surface area contributed by atoms with Crippen LogP contribution in [-0.4, -0.2) is 69.4 Å². The Balaban J connectivity index is 1.56. The van der Waals surface area contributed by atoms with Gasteiger partial charge in [0, 0.05) is 61.3 Å². The molecule has 1 saturated heterocycles. The minimum absolute atomic E-state index is 0.129. The number of benzene rings is 2. The van der Waals surface area contributed by atoms with Gasteiger partial charge in [0.15, 0.2) is 0 Å². The van der Waals surface area contributed by atoms with Gasteiger partial charge in [0.25, 0.3) is 0 Å². The Labute approximate surface area is 214 Å². The lowest BCUT2D eigenvalue weighted by Gasteiger charge is -2.24. The molecule has 10 heteroatoms. The second-order valence-corrected chi connectivity index (χ2v) is 8.92. The Bertz CT molecular complexity index is 1470. The molecule has 190 valence electrons. The van der Waals surface area contributed by atoms with Crippen molar-refractivity contribution in [3.8, 4) is 34.6 Å². The lowest BCUT2D eigenvalue weighted by Crippen LogP contribution is -2.29. The molecule has 1 aliphatic rings. The maximum absolute atomic E-state index is 13.6. The first-order chi connectivity index (χ1) is 17.9. The smallest absolute Gasteiger partial charge is 0.142 e. The molecule has 0 amide bonds. The summed E-state index contributed by atoms with van der Waals surface area (Å²) in [4.78, 5) is 11.3. The van der Waals surface area contributed by atoms with Crippen molar-refractivity contribution < 1.29 is 19.1 Å². The molecule has 0 saturated carbocycles. The summed E-state index contributed by atoms with van der Waals surface area (Å²) in [6.07, 6.45) is 5.62. The van der Waals surface area contributed by atoms with Crippen molar-refractivity contribution >= 4 is 22.4 Å². The van der Waals surface area contributed by atoms with E-state index in [9.17, 15) is 9.59 Å². The zero-order valence-electron chi connectivity index (χ0n) is 20.8. The second kappa shape index (κ2) is 10.0. The van der Waals surface area contributed by atoms with Crippen LogP contribution in [0.2, 0.25) is 0 Å². The molecule has 3 heterocycles. The molecule has 0 aliphatic carbocycles. The number of methoxy groups -OCH3 is 2. The van der Waals surface area contributed by atoms with Gasteiger partial charge in [-0.3, -0.25) is 9.67 Å². The van der Waals surface area contributed by atoms with Crippen LogP contribution in [0.5, 0.6) is 11.5 Å². The first-order valence-corrected chi connectivity index (χ1v) is 11.8. The maximum atomic E-state index is 13.6. The van der Waals surface area contributed by atoms with Gasteiger partial charge in [0.05, 0.1) is 56.4 Å². The highest BCUT2D eigenvalue weighted by Gasteiger charge is 2.34. The third-order valence-corrected chi connectivity index (χ3v) is 6.25. The normalized spacial score (nSPS) is 17.4. The number of fused-ring (bicyclic) bond motifs is 1. The van der Waals surface area contributed by atoms with Gasteiger partial charge >= 0.3 is 0 Å². The Kier molecular flexibility index (Phi) is 6.65. The van der Waals surface area contributed by atoms with Crippen molar-refractivity contribution in [1.82, 2.24) is 24.9 Å². The number of aromatic nitrogens is 4. The maximum Gasteiger partial charge on any atom is 0.142 e. The average Bonchev–Trinajstić information content (AvgIpc) is 3.50. The van der Waals surface area contributed by atoms with Gasteiger partial charge in [-0.05, 0) is 18.2 Å². The van der Waals surface area contributed by atoms with Crippen LogP contribution in [0, 0.1) is 11.8 Å². The Morgan fingerprint density at radius 1 is 1.08 bits per heavy atom. The molecular weight excluding hydrogens is 475 g/mol. The van der Waals surface area contributed by atoms with Crippen molar-refractivity contribution in [2.75, 3.05) is 38.8 Å². The van der Waals surface area contributed by atoms with E-state index in [4.69, 9.17) is 14.5 Å². The van der Waals surface area contributed by atoms with Crippen LogP contribution in [0.3, 0.4) is 0 Å². The van der Waals surface area contributed by atoms with Gasteiger partial charge in [-0.25, -0.2) is 4.98 Å². The summed E-state index contributed by atoms with van der Waals surface area (Å²) in [6, 6.07) is 11.3. The molecule has 4 aromatic rings. The van der Waals surface area contributed by atoms with E-state index in [-0.39, 0.29) is 26.1 Å². The minimum atomic E-state index is -1.38. The summed E-state index contributed by atoms with van der Waals surface area (Å²) in [5.41, 5.74) is 3.23. The SMILES string of the molecule is COc1cc(OC)cc(N(CC#CC2(O)CCN(F)C2)c2ccc3ncc(-c4cnn(C)c4)nc3c2)c1. The number of hydrogen-bond donors (Lipinski definition) is 1. The molecule has 1 unspecified atom stereocenters. The molecule has 1 fully saturated rings. The van der Waals surface area contributed by atoms with Gasteiger partial charge in [-0.15, -0.1) is 9.60 Å². The van der Waals surface area contributed by atoms with E-state index < -0.39 is 5.60 Å². The zero-order chi connectivity index (χ0) is 26.0. The molecule has 37 heavy (non-hydrogen) atoms. The van der Waals surface area contributed by atoms with E-state index in [0.29, 0.717) is 27.8 Å². The molecular formula is C27H27FN6O3. The summed E-state index contributed by atoms with van der Waals surface area (Å²) in [5.74, 6) is 7.16. The average molecular weight is 503 g/mol. The van der Waals surface area contributed by atoms with Crippen LogP contribution in [0.15, 0.2) is 55.0 Å². The molecule has 9 nitrogen and oxygen atoms in total. The van der Waals surface area contributed by atoms with E-state index in [2.05, 4.69) is 21.9 Å². The number of halogens is 1. The van der Waals surface area contributed by atoms with Crippen LogP contribution in [-0.2, 0) is 7.05 Å². The molecule has 2 aromatic carbocycles. The number of anilines is 2. The summed E-state index contributed by atoms with van der Waals surface area (Å²) in [6.45, 7) is 0.256. The van der Waals surface area contributed by atoms with Crippen LogP contribution in [0.4, 0.5) is 15.9 Å². The van der Waals surface area contributed by atoms with Crippen LogP contribution < -0.4 is 14.4 Å². The van der Waals surface area contributed by atoms with E-state index in [1.807, 2.05) is 48.5 Å². The van der Waals surface area contributed by atoms with Crippen molar-refractivity contribution in [3.05, 3.63) is 55.0 Å². The van der Waals surface area contributed by atoms with Gasteiger partial charge in [0.1, 0.15) is 17.1 Å². The number of aryl methyl sites for hydroxylation is 1. The van der Waals surface area contributed by atoms with Gasteiger partial charge in [0.2, 0.25) is 0 Å². The largest absolute Gasteiger partial charge is 0.497 e. The molecule has 0 bridgehead atoms. The monoisotopic (exact) mass is 502 g/mol. The van der Waals surface area contributed by atoms with Crippen LogP contribution in [0.1, 0.15) is 6.42 Å². The van der Waals surface area contributed by atoms with E-state index in [1.165, 1.54) is 0 Å². The number of ether oxygens (including phenoxy) is 2. The fourth-order valence-corrected chi connectivity index (χ4v) is 4.27. The highest BCUT2D eigenvalue weighted by atomic mass is 19.2. The lowest BCUT2D eigenvalue weighted by molar-refractivity contribution is 0.0219. The fourth-order valence-electron chi connectivity index (χ4n) is 4.27. The third kappa shape index (κ3) is 5.33. The predicted molar refractivity (Wildman–Crippen MR) is 138 cm³/mol. The van der Waals surface area contributed by atoms with Crippen LogP contribution in [0.25, 0.3) is 22.3 Å². The first kappa shape index (κ1) is 24.5. The molecule has 1 N–H and O–H groups in total. The Morgan fingerprint density at radius 3 is 2.51 bits per heavy atom.